The van der Waals surface area contributed by atoms with Crippen LogP contribution in [-0.2, 0) is 4.74 Å². The summed E-state index contributed by atoms with van der Waals surface area (Å²) in [6, 6.07) is 6.29. The Hall–Kier alpha value is -3.27. The van der Waals surface area contributed by atoms with Gasteiger partial charge in [-0.25, -0.2) is 20.6 Å². The van der Waals surface area contributed by atoms with Crippen molar-refractivity contribution in [1.82, 2.24) is 9.97 Å². The summed E-state index contributed by atoms with van der Waals surface area (Å²) in [7, 11) is 0. The van der Waals surface area contributed by atoms with Crippen LogP contribution >= 0.6 is 0 Å². The lowest BCUT2D eigenvalue weighted by atomic mass is 10.2. The lowest BCUT2D eigenvalue weighted by Crippen LogP contribution is -2.13. The molecule has 1 aromatic carbocycles. The first kappa shape index (κ1) is 18.1. The van der Waals surface area contributed by atoms with Gasteiger partial charge in [0.2, 0.25) is 11.6 Å². The molecule has 0 saturated carbocycles. The summed E-state index contributed by atoms with van der Waals surface area (Å²) in [5.74, 6) is 4.91. The Balaban J connectivity index is 2.17. The Labute approximate surface area is 143 Å². The number of carbonyl (C=O) groups excluding carboxylic acids is 1. The van der Waals surface area contributed by atoms with Crippen molar-refractivity contribution < 1.29 is 14.5 Å². The molecule has 2 aromatic rings. The maximum atomic E-state index is 11.9. The second kappa shape index (κ2) is 8.02. The minimum atomic E-state index is -0.644. The fourth-order valence-corrected chi connectivity index (χ4v) is 1.90. The Kier molecular flexibility index (Phi) is 5.79. The topological polar surface area (TPSA) is 145 Å². The van der Waals surface area contributed by atoms with Crippen LogP contribution in [0.5, 0.6) is 0 Å². The number of nitrogen functional groups attached to an aromatic ring is 1. The second-order valence-electron chi connectivity index (χ2n) is 5.52. The van der Waals surface area contributed by atoms with E-state index in [9.17, 15) is 14.9 Å². The predicted octanol–water partition coefficient (Wildman–Crippen LogP) is 2.23. The van der Waals surface area contributed by atoms with Crippen LogP contribution in [0.15, 0.2) is 30.6 Å². The van der Waals surface area contributed by atoms with Gasteiger partial charge in [0.1, 0.15) is 6.33 Å². The van der Waals surface area contributed by atoms with Gasteiger partial charge in [0.05, 0.1) is 17.1 Å². The van der Waals surface area contributed by atoms with E-state index in [0.717, 1.165) is 6.33 Å². The molecule has 25 heavy (non-hydrogen) atoms. The summed E-state index contributed by atoms with van der Waals surface area (Å²) in [6.07, 6.45) is 1.14. The molecule has 0 spiro atoms. The second-order valence-corrected chi connectivity index (χ2v) is 5.52. The van der Waals surface area contributed by atoms with Gasteiger partial charge < -0.3 is 15.5 Å². The monoisotopic (exact) mass is 346 g/mol. The van der Waals surface area contributed by atoms with Crippen LogP contribution in [0.4, 0.5) is 23.0 Å². The molecule has 0 atom stereocenters. The van der Waals surface area contributed by atoms with Gasteiger partial charge in [-0.1, -0.05) is 13.8 Å². The minimum Gasteiger partial charge on any atom is -0.462 e. The molecular weight excluding hydrogens is 328 g/mol. The van der Waals surface area contributed by atoms with Gasteiger partial charge in [0.15, 0.2) is 0 Å². The highest BCUT2D eigenvalue weighted by atomic mass is 16.6. The number of nitrogens with zero attached hydrogens (tertiary/aromatic N) is 3. The summed E-state index contributed by atoms with van der Waals surface area (Å²) >= 11 is 0. The molecule has 0 saturated heterocycles. The van der Waals surface area contributed by atoms with Crippen LogP contribution in [-0.4, -0.2) is 27.5 Å². The van der Waals surface area contributed by atoms with Crippen LogP contribution in [0.25, 0.3) is 0 Å². The Morgan fingerprint density at radius 3 is 2.48 bits per heavy atom. The van der Waals surface area contributed by atoms with E-state index in [0.29, 0.717) is 17.9 Å². The lowest BCUT2D eigenvalue weighted by Gasteiger charge is -2.09. The van der Waals surface area contributed by atoms with E-state index in [1.54, 1.807) is 24.3 Å². The fourth-order valence-electron chi connectivity index (χ4n) is 1.90. The standard InChI is InChI=1S/C15H18N6O4/c1-9(2)7-25-15(22)10-3-5-11(6-4-10)19-13-12(21(23)24)14(20-16)18-8-17-13/h3-6,8-9H,7,16H2,1-2H3,(H2,17,18,19,20). The third-order valence-corrected chi connectivity index (χ3v) is 3.07. The van der Waals surface area contributed by atoms with E-state index >= 15 is 0 Å². The lowest BCUT2D eigenvalue weighted by molar-refractivity contribution is -0.383. The van der Waals surface area contributed by atoms with Crippen molar-refractivity contribution in [3.8, 4) is 0 Å². The van der Waals surface area contributed by atoms with Crippen LogP contribution in [0.1, 0.15) is 24.2 Å². The van der Waals surface area contributed by atoms with Crippen molar-refractivity contribution in [2.75, 3.05) is 17.3 Å². The molecule has 132 valence electrons. The number of rotatable bonds is 7. The maximum absolute atomic E-state index is 11.9. The molecule has 2 rings (SSSR count). The summed E-state index contributed by atoms with van der Waals surface area (Å²) in [5.41, 5.74) is 2.66. The largest absolute Gasteiger partial charge is 0.462 e. The average Bonchev–Trinajstić information content (AvgIpc) is 2.59. The van der Waals surface area contributed by atoms with Crippen molar-refractivity contribution in [3.63, 3.8) is 0 Å². The third-order valence-electron chi connectivity index (χ3n) is 3.07. The number of hydrogen-bond acceptors (Lipinski definition) is 9. The van der Waals surface area contributed by atoms with Crippen LogP contribution in [0, 0.1) is 16.0 Å². The number of aromatic nitrogens is 2. The number of nitrogens with one attached hydrogen (secondary N) is 2. The highest BCUT2D eigenvalue weighted by Crippen LogP contribution is 2.30. The summed E-state index contributed by atoms with van der Waals surface area (Å²) in [5, 5.41) is 14.0. The number of benzene rings is 1. The number of esters is 1. The zero-order chi connectivity index (χ0) is 18.4. The molecular formula is C15H18N6O4. The van der Waals surface area contributed by atoms with Crippen molar-refractivity contribution in [2.45, 2.75) is 13.8 Å². The van der Waals surface area contributed by atoms with Crippen LogP contribution in [0.3, 0.4) is 0 Å². The fraction of sp³-hybridized carbons (Fsp3) is 0.267. The highest BCUT2D eigenvalue weighted by Gasteiger charge is 2.22. The molecule has 0 radical (unpaired) electrons. The molecule has 1 aromatic heterocycles. The van der Waals surface area contributed by atoms with Crippen molar-refractivity contribution in [2.24, 2.45) is 11.8 Å². The number of nitro groups is 1. The number of anilines is 3. The molecule has 10 nitrogen and oxygen atoms in total. The van der Waals surface area contributed by atoms with Gasteiger partial charge in [-0.15, -0.1) is 0 Å². The minimum absolute atomic E-state index is 0.0249. The zero-order valence-corrected chi connectivity index (χ0v) is 13.7. The zero-order valence-electron chi connectivity index (χ0n) is 13.7. The quantitative estimate of drug-likeness (QED) is 0.297. The van der Waals surface area contributed by atoms with E-state index in [-0.39, 0.29) is 23.2 Å². The van der Waals surface area contributed by atoms with Gasteiger partial charge >= 0.3 is 11.7 Å². The van der Waals surface area contributed by atoms with E-state index < -0.39 is 10.9 Å². The number of nitrogens with two attached hydrogens (primary N) is 1. The smallest absolute Gasteiger partial charge is 0.354 e. The van der Waals surface area contributed by atoms with E-state index in [1.807, 2.05) is 13.8 Å². The molecule has 0 unspecified atom stereocenters. The van der Waals surface area contributed by atoms with E-state index in [2.05, 4.69) is 20.7 Å². The molecule has 0 bridgehead atoms. The predicted molar refractivity (Wildman–Crippen MR) is 91.3 cm³/mol. The average molecular weight is 346 g/mol. The molecule has 0 amide bonds. The van der Waals surface area contributed by atoms with Crippen molar-refractivity contribution in [1.29, 1.82) is 0 Å². The van der Waals surface area contributed by atoms with Crippen molar-refractivity contribution >= 4 is 29.0 Å². The molecule has 0 aliphatic rings. The normalized spacial score (nSPS) is 10.4. The highest BCUT2D eigenvalue weighted by molar-refractivity contribution is 5.90. The first-order valence-corrected chi connectivity index (χ1v) is 7.42. The number of ether oxygens (including phenoxy) is 1. The van der Waals surface area contributed by atoms with Gasteiger partial charge in [-0.2, -0.15) is 0 Å². The first-order chi connectivity index (χ1) is 11.9. The number of hydrogen-bond donors (Lipinski definition) is 3. The Morgan fingerprint density at radius 2 is 1.92 bits per heavy atom. The molecule has 0 aliphatic carbocycles. The van der Waals surface area contributed by atoms with Gasteiger partial charge in [0, 0.05) is 5.69 Å². The Bertz CT molecular complexity index is 763. The maximum Gasteiger partial charge on any atom is 0.354 e. The molecule has 0 aliphatic heterocycles. The molecule has 1 heterocycles. The SMILES string of the molecule is CC(C)COC(=O)c1ccc(Nc2ncnc(NN)c2[N+](=O)[O-])cc1. The van der Waals surface area contributed by atoms with Gasteiger partial charge in [-0.05, 0) is 30.2 Å². The van der Waals surface area contributed by atoms with Crippen LogP contribution in [0.2, 0.25) is 0 Å². The first-order valence-electron chi connectivity index (χ1n) is 7.42. The summed E-state index contributed by atoms with van der Waals surface area (Å²) < 4.78 is 5.14. The van der Waals surface area contributed by atoms with Crippen molar-refractivity contribution in [3.05, 3.63) is 46.3 Å². The van der Waals surface area contributed by atoms with Gasteiger partial charge in [-0.3, -0.25) is 10.1 Å². The number of carbonyl (C=O) groups is 1. The third kappa shape index (κ3) is 4.61. The summed E-state index contributed by atoms with van der Waals surface area (Å²) in [6.45, 7) is 4.22. The van der Waals surface area contributed by atoms with Gasteiger partial charge in [0.25, 0.3) is 0 Å². The Morgan fingerprint density at radius 1 is 1.28 bits per heavy atom. The molecule has 4 N–H and O–H groups in total. The van der Waals surface area contributed by atoms with E-state index in [4.69, 9.17) is 10.6 Å². The van der Waals surface area contributed by atoms with Crippen LogP contribution < -0.4 is 16.6 Å². The van der Waals surface area contributed by atoms with E-state index in [1.165, 1.54) is 0 Å². The summed E-state index contributed by atoms with van der Waals surface area (Å²) in [4.78, 5) is 30.0. The molecule has 10 heteroatoms. The molecule has 0 fully saturated rings. The number of hydrazine groups is 1.